The number of amides is 1. The fourth-order valence-corrected chi connectivity index (χ4v) is 1.16. The lowest BCUT2D eigenvalue weighted by atomic mass is 9.92. The second-order valence-corrected chi connectivity index (χ2v) is 4.04. The van der Waals surface area contributed by atoms with Gasteiger partial charge in [-0.05, 0) is 13.8 Å². The van der Waals surface area contributed by atoms with E-state index in [0.29, 0.717) is 12.4 Å². The van der Waals surface area contributed by atoms with Gasteiger partial charge in [-0.3, -0.25) is 4.79 Å². The van der Waals surface area contributed by atoms with Crippen LogP contribution < -0.4 is 10.6 Å². The molecule has 1 aromatic heterocycles. The molecule has 1 rings (SSSR count). The average molecular weight is 226 g/mol. The number of nitrogens with zero attached hydrogens (tertiary/aromatic N) is 2. The fraction of sp³-hybridized carbons (Fsp3) is 0.500. The van der Waals surface area contributed by atoms with Crippen molar-refractivity contribution in [1.29, 1.82) is 0 Å². The highest BCUT2D eigenvalue weighted by atomic mass is 19.1. The van der Waals surface area contributed by atoms with Gasteiger partial charge in [0.05, 0.1) is 5.41 Å². The molecule has 1 amide bonds. The van der Waals surface area contributed by atoms with Crippen molar-refractivity contribution in [3.8, 4) is 0 Å². The molecule has 1 aromatic rings. The summed E-state index contributed by atoms with van der Waals surface area (Å²) >= 11 is 0. The highest BCUT2D eigenvalue weighted by Gasteiger charge is 2.26. The van der Waals surface area contributed by atoms with Crippen LogP contribution in [-0.4, -0.2) is 29.5 Å². The maximum atomic E-state index is 12.7. The van der Waals surface area contributed by atoms with Crippen LogP contribution in [0.15, 0.2) is 12.4 Å². The molecular weight excluding hydrogens is 211 g/mol. The molecule has 0 unspecified atom stereocenters. The molecule has 0 radical (unpaired) electrons. The minimum Gasteiger partial charge on any atom is -0.369 e. The number of nitrogens with one attached hydrogen (secondary N) is 2. The van der Waals surface area contributed by atoms with Crippen LogP contribution in [0.1, 0.15) is 13.8 Å². The highest BCUT2D eigenvalue weighted by Crippen LogP contribution is 2.15. The Morgan fingerprint density at radius 1 is 1.50 bits per heavy atom. The fourth-order valence-electron chi connectivity index (χ4n) is 1.16. The van der Waals surface area contributed by atoms with Gasteiger partial charge in [-0.1, -0.05) is 0 Å². The van der Waals surface area contributed by atoms with E-state index in [2.05, 4.69) is 20.6 Å². The molecule has 0 aromatic carbocycles. The molecule has 0 aliphatic carbocycles. The summed E-state index contributed by atoms with van der Waals surface area (Å²) in [6, 6.07) is 1.18. The molecule has 16 heavy (non-hydrogen) atoms. The first-order valence-corrected chi connectivity index (χ1v) is 4.89. The third-order valence-corrected chi connectivity index (χ3v) is 2.19. The van der Waals surface area contributed by atoms with Crippen molar-refractivity contribution in [2.24, 2.45) is 5.41 Å². The van der Waals surface area contributed by atoms with Gasteiger partial charge in [0.2, 0.25) is 11.9 Å². The summed E-state index contributed by atoms with van der Waals surface area (Å²) in [6.07, 6.45) is 1.13. The summed E-state index contributed by atoms with van der Waals surface area (Å²) < 4.78 is 12.7. The van der Waals surface area contributed by atoms with Crippen LogP contribution in [0.3, 0.4) is 0 Å². The number of carbonyl (C=O) groups is 1. The number of aromatic nitrogens is 2. The zero-order valence-electron chi connectivity index (χ0n) is 9.54. The zero-order valence-corrected chi connectivity index (χ0v) is 9.54. The van der Waals surface area contributed by atoms with Crippen molar-refractivity contribution in [1.82, 2.24) is 15.3 Å². The number of hydrogen-bond acceptors (Lipinski definition) is 4. The van der Waals surface area contributed by atoms with Crippen LogP contribution in [0, 0.1) is 11.4 Å². The lowest BCUT2D eigenvalue weighted by Gasteiger charge is -2.22. The van der Waals surface area contributed by atoms with Gasteiger partial charge < -0.3 is 10.6 Å². The van der Waals surface area contributed by atoms with Crippen molar-refractivity contribution < 1.29 is 9.18 Å². The van der Waals surface area contributed by atoms with Gasteiger partial charge in [-0.15, -0.1) is 0 Å². The van der Waals surface area contributed by atoms with E-state index in [9.17, 15) is 9.18 Å². The molecule has 0 aliphatic rings. The molecule has 5 nitrogen and oxygen atoms in total. The third-order valence-electron chi connectivity index (χ3n) is 2.19. The highest BCUT2D eigenvalue weighted by molar-refractivity contribution is 5.82. The van der Waals surface area contributed by atoms with Crippen LogP contribution >= 0.6 is 0 Å². The Morgan fingerprint density at radius 2 is 2.19 bits per heavy atom. The molecule has 1 heterocycles. The molecule has 0 fully saturated rings. The van der Waals surface area contributed by atoms with E-state index in [4.69, 9.17) is 0 Å². The average Bonchev–Trinajstić information content (AvgIpc) is 2.25. The smallest absolute Gasteiger partial charge is 0.227 e. The lowest BCUT2D eigenvalue weighted by Crippen LogP contribution is -2.39. The van der Waals surface area contributed by atoms with Crippen LogP contribution in [0.25, 0.3) is 0 Å². The third kappa shape index (κ3) is 3.15. The second-order valence-electron chi connectivity index (χ2n) is 4.04. The number of hydrogen-bond donors (Lipinski definition) is 2. The van der Waals surface area contributed by atoms with Crippen LogP contribution in [0.5, 0.6) is 0 Å². The number of anilines is 1. The maximum Gasteiger partial charge on any atom is 0.227 e. The van der Waals surface area contributed by atoms with E-state index in [-0.39, 0.29) is 5.91 Å². The zero-order chi connectivity index (χ0) is 12.2. The van der Waals surface area contributed by atoms with Crippen LogP contribution in [0.2, 0.25) is 0 Å². The van der Waals surface area contributed by atoms with Crippen molar-refractivity contribution >= 4 is 11.7 Å². The van der Waals surface area contributed by atoms with E-state index < -0.39 is 11.4 Å². The molecule has 0 saturated carbocycles. The van der Waals surface area contributed by atoms with Crippen molar-refractivity contribution in [2.45, 2.75) is 13.8 Å². The Hall–Kier alpha value is -1.72. The quantitative estimate of drug-likeness (QED) is 0.745. The monoisotopic (exact) mass is 226 g/mol. The summed E-state index contributed by atoms with van der Waals surface area (Å²) in [5.74, 6) is -0.325. The van der Waals surface area contributed by atoms with Gasteiger partial charge in [-0.25, -0.2) is 9.97 Å². The molecule has 88 valence electrons. The predicted octanol–water partition coefficient (Wildman–Crippen LogP) is 0.800. The van der Waals surface area contributed by atoms with Crippen molar-refractivity contribution in [3.63, 3.8) is 0 Å². The molecule has 6 heteroatoms. The molecule has 0 saturated heterocycles. The minimum absolute atomic E-state index is 0.0884. The minimum atomic E-state index is -0.602. The van der Waals surface area contributed by atoms with E-state index in [0.717, 1.165) is 6.33 Å². The number of rotatable bonds is 4. The van der Waals surface area contributed by atoms with E-state index in [1.807, 2.05) is 0 Å². The van der Waals surface area contributed by atoms with E-state index in [1.165, 1.54) is 6.07 Å². The van der Waals surface area contributed by atoms with E-state index >= 15 is 0 Å². The summed E-state index contributed by atoms with van der Waals surface area (Å²) in [6.45, 7) is 3.94. The molecule has 0 spiro atoms. The van der Waals surface area contributed by atoms with Crippen LogP contribution in [0.4, 0.5) is 10.2 Å². The normalized spacial score (nSPS) is 11.0. The van der Waals surface area contributed by atoms with Gasteiger partial charge in [0.25, 0.3) is 0 Å². The molecule has 0 aliphatic heterocycles. The van der Waals surface area contributed by atoms with Gasteiger partial charge in [0.1, 0.15) is 12.1 Å². The van der Waals surface area contributed by atoms with Crippen molar-refractivity contribution in [3.05, 3.63) is 18.3 Å². The molecule has 0 bridgehead atoms. The second kappa shape index (κ2) is 4.87. The molecular formula is C10H15FN4O. The van der Waals surface area contributed by atoms with Gasteiger partial charge in [0.15, 0.2) is 0 Å². The summed E-state index contributed by atoms with van der Waals surface area (Å²) in [4.78, 5) is 18.6. The molecule has 2 N–H and O–H groups in total. The maximum absolute atomic E-state index is 12.7. The van der Waals surface area contributed by atoms with Gasteiger partial charge in [0, 0.05) is 19.7 Å². The first-order chi connectivity index (χ1) is 7.45. The first-order valence-electron chi connectivity index (χ1n) is 4.89. The Labute approximate surface area is 93.5 Å². The van der Waals surface area contributed by atoms with Crippen LogP contribution in [-0.2, 0) is 4.79 Å². The lowest BCUT2D eigenvalue weighted by molar-refractivity contribution is -0.128. The van der Waals surface area contributed by atoms with Crippen molar-refractivity contribution in [2.75, 3.05) is 18.9 Å². The Bertz CT molecular complexity index is 381. The number of carbonyl (C=O) groups excluding carboxylic acids is 1. The number of halogens is 1. The summed E-state index contributed by atoms with van der Waals surface area (Å²) in [5.41, 5.74) is -0.587. The van der Waals surface area contributed by atoms with Gasteiger partial charge >= 0.3 is 0 Å². The summed E-state index contributed by atoms with van der Waals surface area (Å²) in [7, 11) is 1.58. The Balaban J connectivity index is 2.61. The Morgan fingerprint density at radius 3 is 2.75 bits per heavy atom. The van der Waals surface area contributed by atoms with E-state index in [1.54, 1.807) is 20.9 Å². The largest absolute Gasteiger partial charge is 0.369 e. The predicted molar refractivity (Wildman–Crippen MR) is 58.3 cm³/mol. The molecule has 0 atom stereocenters. The Kier molecular flexibility index (Phi) is 3.76. The SMILES string of the molecule is CNC(=O)C(C)(C)CNc1cc(F)ncn1. The van der Waals surface area contributed by atoms with Gasteiger partial charge in [-0.2, -0.15) is 4.39 Å². The standard InChI is InChI=1S/C10H15FN4O/c1-10(2,9(16)12-3)5-13-8-4-7(11)14-6-15-8/h4,6H,5H2,1-3H3,(H,12,16)(H,13,14,15). The first kappa shape index (κ1) is 12.4. The summed E-state index contributed by atoms with van der Waals surface area (Å²) in [5, 5.41) is 5.46. The topological polar surface area (TPSA) is 66.9 Å².